The van der Waals surface area contributed by atoms with Crippen LogP contribution >= 0.6 is 0 Å². The number of benzene rings is 3. The van der Waals surface area contributed by atoms with E-state index in [4.69, 9.17) is 9.47 Å². The van der Waals surface area contributed by atoms with Gasteiger partial charge in [-0.2, -0.15) is 17.9 Å². The number of rotatable bonds is 6. The lowest BCUT2D eigenvalue weighted by Crippen LogP contribution is -2.27. The molecule has 1 aliphatic heterocycles. The van der Waals surface area contributed by atoms with Crippen LogP contribution in [0.4, 0.5) is 4.39 Å². The molecule has 6 nitrogen and oxygen atoms in total. The van der Waals surface area contributed by atoms with Crippen LogP contribution in [-0.2, 0) is 10.0 Å². The van der Waals surface area contributed by atoms with E-state index in [1.54, 1.807) is 55.6 Å². The fourth-order valence-electron chi connectivity index (χ4n) is 3.65. The van der Waals surface area contributed by atoms with Gasteiger partial charge in [0.1, 0.15) is 5.82 Å². The molecule has 3 aromatic carbocycles. The number of sulfonamides is 1. The lowest BCUT2D eigenvalue weighted by molar-refractivity contribution is 0.355. The van der Waals surface area contributed by atoms with Crippen LogP contribution in [0.2, 0.25) is 0 Å². The van der Waals surface area contributed by atoms with Gasteiger partial charge in [-0.1, -0.05) is 29.8 Å². The first kappa shape index (κ1) is 21.8. The molecule has 0 saturated carbocycles. The number of methoxy groups -OCH3 is 2. The summed E-state index contributed by atoms with van der Waals surface area (Å²) in [5.41, 5.74) is 2.91. The van der Waals surface area contributed by atoms with Gasteiger partial charge in [-0.25, -0.2) is 4.39 Å². The minimum Gasteiger partial charge on any atom is -0.493 e. The van der Waals surface area contributed by atoms with Crippen LogP contribution in [-0.4, -0.2) is 32.8 Å². The Morgan fingerprint density at radius 3 is 2.22 bits per heavy atom. The van der Waals surface area contributed by atoms with Gasteiger partial charge in [0.15, 0.2) is 11.5 Å². The lowest BCUT2D eigenvalue weighted by atomic mass is 9.99. The van der Waals surface area contributed by atoms with Gasteiger partial charge in [0, 0.05) is 12.0 Å². The topological polar surface area (TPSA) is 68.2 Å². The van der Waals surface area contributed by atoms with Crippen molar-refractivity contribution in [2.24, 2.45) is 5.10 Å². The second-order valence-electron chi connectivity index (χ2n) is 7.48. The molecule has 1 aliphatic rings. The Labute approximate surface area is 187 Å². The summed E-state index contributed by atoms with van der Waals surface area (Å²) in [7, 11) is -0.854. The molecule has 1 atom stereocenters. The third-order valence-electron chi connectivity index (χ3n) is 5.41. The van der Waals surface area contributed by atoms with Crippen LogP contribution in [0.1, 0.15) is 29.2 Å². The first-order chi connectivity index (χ1) is 15.3. The van der Waals surface area contributed by atoms with Crippen molar-refractivity contribution in [3.8, 4) is 11.5 Å². The van der Waals surface area contributed by atoms with Gasteiger partial charge in [0.25, 0.3) is 10.0 Å². The Kier molecular flexibility index (Phi) is 5.88. The summed E-state index contributed by atoms with van der Waals surface area (Å²) >= 11 is 0. The van der Waals surface area contributed by atoms with Gasteiger partial charge in [0.05, 0.1) is 30.9 Å². The molecule has 0 N–H and O–H groups in total. The number of ether oxygens (including phenoxy) is 2. The van der Waals surface area contributed by atoms with Gasteiger partial charge < -0.3 is 9.47 Å². The maximum atomic E-state index is 13.5. The molecule has 0 radical (unpaired) electrons. The number of hydrazone groups is 1. The van der Waals surface area contributed by atoms with E-state index in [9.17, 15) is 12.8 Å². The number of hydrogen-bond acceptors (Lipinski definition) is 5. The van der Waals surface area contributed by atoms with E-state index in [1.807, 2.05) is 13.0 Å². The summed E-state index contributed by atoms with van der Waals surface area (Å²) in [6.07, 6.45) is 0.326. The molecule has 3 aromatic rings. The summed E-state index contributed by atoms with van der Waals surface area (Å²) in [6, 6.07) is 17.2. The number of aryl methyl sites for hydroxylation is 1. The van der Waals surface area contributed by atoms with Crippen molar-refractivity contribution in [3.05, 3.63) is 89.2 Å². The summed E-state index contributed by atoms with van der Waals surface area (Å²) in [5.74, 6) is 0.695. The third-order valence-corrected chi connectivity index (χ3v) is 7.11. The molecule has 0 bridgehead atoms. The molecule has 0 saturated heterocycles. The molecule has 0 aliphatic carbocycles. The average Bonchev–Trinajstić information content (AvgIpc) is 3.26. The monoisotopic (exact) mass is 454 g/mol. The van der Waals surface area contributed by atoms with Crippen LogP contribution in [0.25, 0.3) is 0 Å². The minimum atomic E-state index is -3.94. The van der Waals surface area contributed by atoms with Crippen molar-refractivity contribution in [1.29, 1.82) is 0 Å². The summed E-state index contributed by atoms with van der Waals surface area (Å²) < 4.78 is 52.3. The van der Waals surface area contributed by atoms with Gasteiger partial charge in [-0.15, -0.1) is 0 Å². The van der Waals surface area contributed by atoms with Crippen molar-refractivity contribution in [1.82, 2.24) is 4.41 Å². The van der Waals surface area contributed by atoms with Crippen molar-refractivity contribution < 1.29 is 22.3 Å². The van der Waals surface area contributed by atoms with E-state index >= 15 is 0 Å². The second kappa shape index (κ2) is 8.63. The van der Waals surface area contributed by atoms with Crippen molar-refractivity contribution in [2.75, 3.05) is 14.2 Å². The fraction of sp³-hybridized carbons (Fsp3) is 0.208. The quantitative estimate of drug-likeness (QED) is 0.542. The third kappa shape index (κ3) is 4.05. The van der Waals surface area contributed by atoms with E-state index in [-0.39, 0.29) is 10.7 Å². The van der Waals surface area contributed by atoms with Gasteiger partial charge >= 0.3 is 0 Å². The van der Waals surface area contributed by atoms with E-state index in [0.717, 1.165) is 15.5 Å². The van der Waals surface area contributed by atoms with Crippen LogP contribution in [0.5, 0.6) is 11.5 Å². The van der Waals surface area contributed by atoms with E-state index in [1.165, 1.54) is 19.2 Å². The van der Waals surface area contributed by atoms with Gasteiger partial charge in [0.2, 0.25) is 0 Å². The van der Waals surface area contributed by atoms with Crippen LogP contribution in [0, 0.1) is 12.7 Å². The maximum Gasteiger partial charge on any atom is 0.279 e. The van der Waals surface area contributed by atoms with Gasteiger partial charge in [-0.05, 0) is 55.0 Å². The Bertz CT molecular complexity index is 1260. The number of halogens is 1. The minimum absolute atomic E-state index is 0.146. The molecule has 0 aromatic heterocycles. The highest BCUT2D eigenvalue weighted by molar-refractivity contribution is 7.89. The SMILES string of the molecule is COc1ccc(C2=NN(S(=O)(=O)c3ccc(C)cc3)[C@@H](c3ccc(F)cc3)C2)cc1OC. The number of hydrogen-bond donors (Lipinski definition) is 0. The van der Waals surface area contributed by atoms with Crippen LogP contribution in [0.15, 0.2) is 76.7 Å². The second-order valence-corrected chi connectivity index (χ2v) is 9.27. The average molecular weight is 455 g/mol. The molecule has 4 rings (SSSR count). The summed E-state index contributed by atoms with van der Waals surface area (Å²) in [4.78, 5) is 0.146. The highest BCUT2D eigenvalue weighted by Crippen LogP contribution is 2.38. The zero-order valence-electron chi connectivity index (χ0n) is 17.9. The van der Waals surface area contributed by atoms with E-state index < -0.39 is 16.1 Å². The molecule has 0 amide bonds. The summed E-state index contributed by atoms with van der Waals surface area (Å²) in [6.45, 7) is 1.89. The largest absolute Gasteiger partial charge is 0.493 e. The fourth-order valence-corrected chi connectivity index (χ4v) is 5.09. The molecule has 0 unspecified atom stereocenters. The molecule has 1 heterocycles. The van der Waals surface area contributed by atoms with Crippen molar-refractivity contribution in [2.45, 2.75) is 24.3 Å². The first-order valence-electron chi connectivity index (χ1n) is 10.00. The van der Waals surface area contributed by atoms with E-state index in [0.29, 0.717) is 29.2 Å². The highest BCUT2D eigenvalue weighted by Gasteiger charge is 2.37. The number of nitrogens with zero attached hydrogens (tertiary/aromatic N) is 2. The van der Waals surface area contributed by atoms with Crippen molar-refractivity contribution in [3.63, 3.8) is 0 Å². The molecule has 32 heavy (non-hydrogen) atoms. The maximum absolute atomic E-state index is 13.5. The summed E-state index contributed by atoms with van der Waals surface area (Å²) in [5, 5.41) is 4.51. The standard InChI is InChI=1S/C24H23FN2O4S/c1-16-4-11-20(12-5-16)32(28,29)27-22(17-6-9-19(25)10-7-17)15-21(26-27)18-8-13-23(30-2)24(14-18)31-3/h4-14,22H,15H2,1-3H3/t22-/m1/s1. The molecule has 8 heteroatoms. The smallest absolute Gasteiger partial charge is 0.279 e. The lowest BCUT2D eigenvalue weighted by Gasteiger charge is -2.23. The zero-order chi connectivity index (χ0) is 22.9. The highest BCUT2D eigenvalue weighted by atomic mass is 32.2. The Balaban J connectivity index is 1.80. The predicted octanol–water partition coefficient (Wildman–Crippen LogP) is 4.69. The Morgan fingerprint density at radius 2 is 1.59 bits per heavy atom. The Hall–Kier alpha value is -3.39. The van der Waals surface area contributed by atoms with Gasteiger partial charge in [-0.3, -0.25) is 0 Å². The zero-order valence-corrected chi connectivity index (χ0v) is 18.8. The van der Waals surface area contributed by atoms with E-state index in [2.05, 4.69) is 5.10 Å². The van der Waals surface area contributed by atoms with Crippen molar-refractivity contribution >= 4 is 15.7 Å². The molecular weight excluding hydrogens is 431 g/mol. The normalized spacial score (nSPS) is 16.1. The molecule has 166 valence electrons. The molecule has 0 fully saturated rings. The predicted molar refractivity (Wildman–Crippen MR) is 120 cm³/mol. The molecular formula is C24H23FN2O4S. The Morgan fingerprint density at radius 1 is 0.938 bits per heavy atom. The molecule has 0 spiro atoms. The van der Waals surface area contributed by atoms with Crippen LogP contribution in [0.3, 0.4) is 0 Å². The van der Waals surface area contributed by atoms with Crippen LogP contribution < -0.4 is 9.47 Å². The first-order valence-corrected chi connectivity index (χ1v) is 11.4.